The molecule has 1 aromatic heterocycles. The first-order valence-electron chi connectivity index (χ1n) is 6.96. The molecule has 0 aliphatic rings. The Morgan fingerprint density at radius 3 is 2.70 bits per heavy atom. The van der Waals surface area contributed by atoms with Crippen LogP contribution in [0.15, 0.2) is 33.9 Å². The van der Waals surface area contributed by atoms with E-state index >= 15 is 0 Å². The van der Waals surface area contributed by atoms with Crippen molar-refractivity contribution in [3.05, 3.63) is 55.7 Å². The monoisotopic (exact) mass is 337 g/mol. The normalized spacial score (nSPS) is 10.5. The summed E-state index contributed by atoms with van der Waals surface area (Å²) in [7, 11) is 0. The number of carbonyl (C=O) groups is 1. The Bertz CT molecular complexity index is 810. The van der Waals surface area contributed by atoms with Crippen molar-refractivity contribution in [1.82, 2.24) is 9.55 Å². The van der Waals surface area contributed by atoms with E-state index in [-0.39, 0.29) is 25.2 Å². The van der Waals surface area contributed by atoms with E-state index in [2.05, 4.69) is 10.3 Å². The van der Waals surface area contributed by atoms with Crippen LogP contribution in [-0.4, -0.2) is 20.6 Å². The average Bonchev–Trinajstić information content (AvgIpc) is 2.45. The Morgan fingerprint density at radius 2 is 2.09 bits per heavy atom. The smallest absolute Gasteiger partial charge is 0.329 e. The molecule has 2 aromatic rings. The molecule has 0 radical (unpaired) electrons. The van der Waals surface area contributed by atoms with E-state index in [1.54, 1.807) is 12.1 Å². The van der Waals surface area contributed by atoms with E-state index in [1.165, 1.54) is 6.07 Å². The molecule has 0 aliphatic heterocycles. The molecule has 0 saturated carbocycles. The zero-order valence-corrected chi connectivity index (χ0v) is 13.2. The Kier molecular flexibility index (Phi) is 5.23. The van der Waals surface area contributed by atoms with Crippen LogP contribution < -0.4 is 16.6 Å². The van der Waals surface area contributed by atoms with Gasteiger partial charge in [-0.1, -0.05) is 17.7 Å². The number of halogens is 1. The predicted octanol–water partition coefficient (Wildman–Crippen LogP) is 2.11. The topological polar surface area (TPSA) is 104 Å². The van der Waals surface area contributed by atoms with Gasteiger partial charge in [-0.05, 0) is 31.0 Å². The van der Waals surface area contributed by atoms with Crippen molar-refractivity contribution in [2.24, 2.45) is 0 Å². The van der Waals surface area contributed by atoms with Crippen molar-refractivity contribution in [3.63, 3.8) is 0 Å². The maximum absolute atomic E-state index is 12.0. The molecule has 0 amide bonds. The summed E-state index contributed by atoms with van der Waals surface area (Å²) in [6, 6.07) is 6.53. The highest BCUT2D eigenvalue weighted by molar-refractivity contribution is 6.31. The maximum Gasteiger partial charge on any atom is 0.329 e. The average molecular weight is 338 g/mol. The summed E-state index contributed by atoms with van der Waals surface area (Å²) >= 11 is 6.02. The van der Waals surface area contributed by atoms with Crippen LogP contribution in [-0.2, 0) is 11.3 Å². The van der Waals surface area contributed by atoms with Crippen LogP contribution in [0.3, 0.4) is 0 Å². The van der Waals surface area contributed by atoms with Crippen molar-refractivity contribution in [1.29, 1.82) is 0 Å². The number of hydrogen-bond donors (Lipinski definition) is 3. The van der Waals surface area contributed by atoms with Gasteiger partial charge in [0.25, 0.3) is 5.56 Å². The van der Waals surface area contributed by atoms with Gasteiger partial charge in [0.1, 0.15) is 5.82 Å². The minimum atomic E-state index is -0.969. The SMILES string of the molecule is Cc1ccc(Nc2cc(=O)n(CCCC(=O)O)c(=O)[nH]2)cc1Cl. The molecule has 1 heterocycles. The third-order valence-corrected chi connectivity index (χ3v) is 3.65. The number of aliphatic carboxylic acids is 1. The minimum absolute atomic E-state index is 0.0527. The van der Waals surface area contributed by atoms with Crippen LogP contribution in [0.1, 0.15) is 18.4 Å². The van der Waals surface area contributed by atoms with E-state index in [9.17, 15) is 14.4 Å². The van der Waals surface area contributed by atoms with E-state index in [0.29, 0.717) is 10.7 Å². The lowest BCUT2D eigenvalue weighted by Gasteiger charge is -2.09. The van der Waals surface area contributed by atoms with Gasteiger partial charge >= 0.3 is 11.7 Å². The molecule has 0 unspecified atom stereocenters. The van der Waals surface area contributed by atoms with E-state index in [0.717, 1.165) is 10.1 Å². The minimum Gasteiger partial charge on any atom is -0.481 e. The second kappa shape index (κ2) is 7.15. The van der Waals surface area contributed by atoms with Gasteiger partial charge in [0.2, 0.25) is 0 Å². The number of benzene rings is 1. The van der Waals surface area contributed by atoms with Crippen LogP contribution >= 0.6 is 11.6 Å². The van der Waals surface area contributed by atoms with Crippen molar-refractivity contribution in [2.75, 3.05) is 5.32 Å². The van der Waals surface area contributed by atoms with Gasteiger partial charge in [-0.2, -0.15) is 0 Å². The summed E-state index contributed by atoms with van der Waals surface area (Å²) in [5, 5.41) is 12.1. The molecule has 7 nitrogen and oxygen atoms in total. The second-order valence-corrected chi connectivity index (χ2v) is 5.47. The largest absolute Gasteiger partial charge is 0.481 e. The molecule has 0 aliphatic carbocycles. The summed E-state index contributed by atoms with van der Waals surface area (Å²) in [4.78, 5) is 36.9. The zero-order valence-electron chi connectivity index (χ0n) is 12.4. The molecule has 0 bridgehead atoms. The quantitative estimate of drug-likeness (QED) is 0.748. The van der Waals surface area contributed by atoms with Crippen LogP contribution in [0.4, 0.5) is 11.5 Å². The van der Waals surface area contributed by atoms with Crippen molar-refractivity contribution in [2.45, 2.75) is 26.3 Å². The van der Waals surface area contributed by atoms with Crippen LogP contribution in [0.2, 0.25) is 5.02 Å². The van der Waals surface area contributed by atoms with Crippen molar-refractivity contribution < 1.29 is 9.90 Å². The number of aromatic nitrogens is 2. The van der Waals surface area contributed by atoms with Gasteiger partial charge in [0, 0.05) is 29.7 Å². The number of hydrogen-bond acceptors (Lipinski definition) is 4. The summed E-state index contributed by atoms with van der Waals surface area (Å²) in [5.74, 6) is -0.724. The Morgan fingerprint density at radius 1 is 1.35 bits per heavy atom. The maximum atomic E-state index is 12.0. The lowest BCUT2D eigenvalue weighted by atomic mass is 10.2. The van der Waals surface area contributed by atoms with Gasteiger partial charge < -0.3 is 10.4 Å². The molecule has 8 heteroatoms. The number of nitrogens with one attached hydrogen (secondary N) is 2. The standard InChI is InChI=1S/C15H16ClN3O4/c1-9-4-5-10(7-11(9)16)17-12-8-13(20)19(15(23)18-12)6-2-3-14(21)22/h4-5,7-8,17H,2-3,6H2,1H3,(H,18,23)(H,21,22). The molecule has 1 aromatic carbocycles. The molecule has 23 heavy (non-hydrogen) atoms. The van der Waals surface area contributed by atoms with Gasteiger partial charge in [-0.25, -0.2) is 4.79 Å². The summed E-state index contributed by atoms with van der Waals surface area (Å²) in [5.41, 5.74) is 0.460. The highest BCUT2D eigenvalue weighted by Gasteiger charge is 2.06. The number of aromatic amines is 1. The predicted molar refractivity (Wildman–Crippen MR) is 87.7 cm³/mol. The fourth-order valence-corrected chi connectivity index (χ4v) is 2.19. The van der Waals surface area contributed by atoms with E-state index < -0.39 is 17.2 Å². The lowest BCUT2D eigenvalue weighted by Crippen LogP contribution is -2.35. The first kappa shape index (κ1) is 16.8. The Balaban J connectivity index is 2.18. The highest BCUT2D eigenvalue weighted by Crippen LogP contribution is 2.21. The fraction of sp³-hybridized carbons (Fsp3) is 0.267. The van der Waals surface area contributed by atoms with Crippen LogP contribution in [0.5, 0.6) is 0 Å². The van der Waals surface area contributed by atoms with Gasteiger partial charge in [0.05, 0.1) is 0 Å². The summed E-state index contributed by atoms with van der Waals surface area (Å²) in [6.07, 6.45) is 0.104. The zero-order chi connectivity index (χ0) is 17.0. The first-order chi connectivity index (χ1) is 10.9. The second-order valence-electron chi connectivity index (χ2n) is 5.06. The summed E-state index contributed by atoms with van der Waals surface area (Å²) in [6.45, 7) is 1.92. The number of aryl methyl sites for hydroxylation is 1. The number of H-pyrrole nitrogens is 1. The fourth-order valence-electron chi connectivity index (χ4n) is 2.01. The van der Waals surface area contributed by atoms with Gasteiger partial charge in [-0.15, -0.1) is 0 Å². The van der Waals surface area contributed by atoms with Crippen LogP contribution in [0, 0.1) is 6.92 Å². The molecule has 0 saturated heterocycles. The molecule has 0 fully saturated rings. The van der Waals surface area contributed by atoms with E-state index in [4.69, 9.17) is 16.7 Å². The summed E-state index contributed by atoms with van der Waals surface area (Å²) < 4.78 is 0.968. The number of carboxylic acid groups (broad SMARTS) is 1. The lowest BCUT2D eigenvalue weighted by molar-refractivity contribution is -0.137. The third kappa shape index (κ3) is 4.46. The molecular formula is C15H16ClN3O4. The van der Waals surface area contributed by atoms with Crippen molar-refractivity contribution in [3.8, 4) is 0 Å². The molecule has 2 rings (SSSR count). The molecular weight excluding hydrogens is 322 g/mol. The molecule has 0 spiro atoms. The third-order valence-electron chi connectivity index (χ3n) is 3.24. The Hall–Kier alpha value is -2.54. The number of carboxylic acids is 1. The highest BCUT2D eigenvalue weighted by atomic mass is 35.5. The molecule has 122 valence electrons. The van der Waals surface area contributed by atoms with Gasteiger partial charge in [0.15, 0.2) is 0 Å². The molecule has 0 atom stereocenters. The van der Waals surface area contributed by atoms with Crippen molar-refractivity contribution >= 4 is 29.1 Å². The van der Waals surface area contributed by atoms with Crippen LogP contribution in [0.25, 0.3) is 0 Å². The Labute approximate surface area is 136 Å². The van der Waals surface area contributed by atoms with Gasteiger partial charge in [-0.3, -0.25) is 19.1 Å². The number of anilines is 2. The number of rotatable bonds is 6. The van der Waals surface area contributed by atoms with E-state index in [1.807, 2.05) is 13.0 Å². The first-order valence-corrected chi connectivity index (χ1v) is 7.34. The number of nitrogens with zero attached hydrogens (tertiary/aromatic N) is 1. The molecule has 3 N–H and O–H groups in total.